The third kappa shape index (κ3) is 5.65. The van der Waals surface area contributed by atoms with E-state index < -0.39 is 0 Å². The predicted molar refractivity (Wildman–Crippen MR) is 125 cm³/mol. The Morgan fingerprint density at radius 1 is 1.20 bits per heavy atom. The molecule has 2 aromatic rings. The standard InChI is InChI=1S/C23H26ClN3O2S/c1-3-27(4-2)13-7-12-25-22(28)17-10-11-20-19(14-17)26-23(29)21(30-20)15-16-8-5-6-9-18(16)24/h5-6,8-11,14-15H,3-4,7,12-13H2,1-2H3,(H,25,28)(H,26,29)/b21-15+. The number of rotatable bonds is 8. The fourth-order valence-electron chi connectivity index (χ4n) is 3.18. The van der Waals surface area contributed by atoms with Crippen LogP contribution >= 0.6 is 23.4 Å². The molecule has 5 nitrogen and oxygen atoms in total. The summed E-state index contributed by atoms with van der Waals surface area (Å²) in [5.74, 6) is -0.335. The predicted octanol–water partition coefficient (Wildman–Crippen LogP) is 4.89. The molecule has 0 unspecified atom stereocenters. The maximum atomic E-state index is 12.5. The Morgan fingerprint density at radius 3 is 2.70 bits per heavy atom. The van der Waals surface area contributed by atoms with Crippen LogP contribution in [0.25, 0.3) is 6.08 Å². The first-order chi connectivity index (χ1) is 14.5. The Balaban J connectivity index is 1.64. The van der Waals surface area contributed by atoms with Crippen molar-refractivity contribution in [1.29, 1.82) is 0 Å². The molecule has 3 rings (SSSR count). The highest BCUT2D eigenvalue weighted by Gasteiger charge is 2.22. The maximum Gasteiger partial charge on any atom is 0.262 e. The van der Waals surface area contributed by atoms with E-state index in [-0.39, 0.29) is 11.8 Å². The maximum absolute atomic E-state index is 12.5. The molecule has 2 amide bonds. The summed E-state index contributed by atoms with van der Waals surface area (Å²) >= 11 is 7.57. The fourth-order valence-corrected chi connectivity index (χ4v) is 4.29. The number of hydrogen-bond acceptors (Lipinski definition) is 4. The van der Waals surface area contributed by atoms with Crippen LogP contribution in [0, 0.1) is 0 Å². The Morgan fingerprint density at radius 2 is 1.97 bits per heavy atom. The molecule has 158 valence electrons. The van der Waals surface area contributed by atoms with Gasteiger partial charge in [-0.2, -0.15) is 0 Å². The number of halogens is 1. The summed E-state index contributed by atoms with van der Waals surface area (Å²) in [5, 5.41) is 6.44. The molecule has 1 heterocycles. The van der Waals surface area contributed by atoms with E-state index in [1.165, 1.54) is 11.8 Å². The smallest absolute Gasteiger partial charge is 0.262 e. The van der Waals surface area contributed by atoms with Crippen molar-refractivity contribution >= 4 is 46.9 Å². The summed E-state index contributed by atoms with van der Waals surface area (Å²) in [7, 11) is 0. The Bertz CT molecular complexity index is 957. The zero-order valence-corrected chi connectivity index (χ0v) is 18.8. The number of thioether (sulfide) groups is 1. The van der Waals surface area contributed by atoms with Crippen molar-refractivity contribution in [3.05, 3.63) is 63.5 Å². The highest BCUT2D eigenvalue weighted by Crippen LogP contribution is 2.39. The third-order valence-electron chi connectivity index (χ3n) is 4.96. The Labute approximate surface area is 186 Å². The molecule has 0 saturated heterocycles. The summed E-state index contributed by atoms with van der Waals surface area (Å²) < 4.78 is 0. The first kappa shape index (κ1) is 22.4. The van der Waals surface area contributed by atoms with Crippen molar-refractivity contribution in [2.75, 3.05) is 31.5 Å². The van der Waals surface area contributed by atoms with Gasteiger partial charge >= 0.3 is 0 Å². The zero-order valence-electron chi connectivity index (χ0n) is 17.2. The van der Waals surface area contributed by atoms with Gasteiger partial charge in [0.1, 0.15) is 0 Å². The van der Waals surface area contributed by atoms with Crippen LogP contribution in [0.15, 0.2) is 52.3 Å². The van der Waals surface area contributed by atoms with Gasteiger partial charge < -0.3 is 15.5 Å². The van der Waals surface area contributed by atoms with Crippen molar-refractivity contribution in [3.63, 3.8) is 0 Å². The first-order valence-corrected chi connectivity index (χ1v) is 11.3. The van der Waals surface area contributed by atoms with Gasteiger partial charge in [-0.1, -0.05) is 55.4 Å². The molecular formula is C23H26ClN3O2S. The first-order valence-electron chi connectivity index (χ1n) is 10.1. The molecule has 0 aliphatic carbocycles. The average Bonchev–Trinajstić information content (AvgIpc) is 2.75. The van der Waals surface area contributed by atoms with E-state index >= 15 is 0 Å². The molecule has 30 heavy (non-hydrogen) atoms. The largest absolute Gasteiger partial charge is 0.352 e. The molecule has 0 bridgehead atoms. The number of fused-ring (bicyclic) bond motifs is 1. The van der Waals surface area contributed by atoms with Crippen molar-refractivity contribution in [1.82, 2.24) is 10.2 Å². The van der Waals surface area contributed by atoms with E-state index in [0.29, 0.717) is 27.7 Å². The van der Waals surface area contributed by atoms with E-state index in [0.717, 1.165) is 36.5 Å². The van der Waals surface area contributed by atoms with Crippen molar-refractivity contribution in [2.45, 2.75) is 25.2 Å². The molecule has 0 spiro atoms. The summed E-state index contributed by atoms with van der Waals surface area (Å²) in [4.78, 5) is 28.8. The highest BCUT2D eigenvalue weighted by atomic mass is 35.5. The van der Waals surface area contributed by atoms with Crippen LogP contribution in [0.5, 0.6) is 0 Å². The van der Waals surface area contributed by atoms with Gasteiger partial charge in [-0.25, -0.2) is 0 Å². The van der Waals surface area contributed by atoms with E-state index in [2.05, 4.69) is 29.4 Å². The van der Waals surface area contributed by atoms with E-state index in [4.69, 9.17) is 11.6 Å². The van der Waals surface area contributed by atoms with Crippen LogP contribution in [-0.2, 0) is 4.79 Å². The molecule has 1 aliphatic rings. The monoisotopic (exact) mass is 443 g/mol. The lowest BCUT2D eigenvalue weighted by Gasteiger charge is -2.20. The number of amides is 2. The summed E-state index contributed by atoms with van der Waals surface area (Å²) in [5.41, 5.74) is 1.98. The van der Waals surface area contributed by atoms with Gasteiger partial charge in [0.2, 0.25) is 0 Å². The number of nitrogens with one attached hydrogen (secondary N) is 2. The second kappa shape index (κ2) is 10.7. The van der Waals surface area contributed by atoms with E-state index in [9.17, 15) is 9.59 Å². The number of carbonyl (C=O) groups is 2. The summed E-state index contributed by atoms with van der Waals surface area (Å²) in [6.07, 6.45) is 2.68. The molecule has 2 aromatic carbocycles. The number of benzene rings is 2. The lowest BCUT2D eigenvalue weighted by molar-refractivity contribution is -0.112. The minimum Gasteiger partial charge on any atom is -0.352 e. The van der Waals surface area contributed by atoms with Crippen LogP contribution in [0.2, 0.25) is 5.02 Å². The topological polar surface area (TPSA) is 61.4 Å². The normalized spacial score (nSPS) is 14.5. The quantitative estimate of drug-likeness (QED) is 0.450. The number of hydrogen-bond donors (Lipinski definition) is 2. The molecule has 0 atom stereocenters. The molecule has 0 saturated carbocycles. The minimum absolute atomic E-state index is 0.131. The minimum atomic E-state index is -0.204. The van der Waals surface area contributed by atoms with Gasteiger partial charge in [-0.3, -0.25) is 9.59 Å². The van der Waals surface area contributed by atoms with Gasteiger partial charge in [0.05, 0.1) is 10.6 Å². The lowest BCUT2D eigenvalue weighted by atomic mass is 10.1. The number of nitrogens with zero attached hydrogens (tertiary/aromatic N) is 1. The summed E-state index contributed by atoms with van der Waals surface area (Å²) in [6, 6.07) is 12.8. The molecule has 0 radical (unpaired) electrons. The highest BCUT2D eigenvalue weighted by molar-refractivity contribution is 8.04. The molecule has 2 N–H and O–H groups in total. The van der Waals surface area contributed by atoms with Gasteiger partial charge in [0, 0.05) is 22.0 Å². The van der Waals surface area contributed by atoms with Gasteiger partial charge in [0.15, 0.2) is 0 Å². The van der Waals surface area contributed by atoms with Crippen molar-refractivity contribution in [3.8, 4) is 0 Å². The molecule has 7 heteroatoms. The van der Waals surface area contributed by atoms with Crippen LogP contribution in [-0.4, -0.2) is 42.9 Å². The Hall–Kier alpha value is -2.28. The van der Waals surface area contributed by atoms with Crippen LogP contribution in [0.3, 0.4) is 0 Å². The van der Waals surface area contributed by atoms with Crippen LogP contribution in [0.1, 0.15) is 36.2 Å². The fraction of sp³-hybridized carbons (Fsp3) is 0.304. The van der Waals surface area contributed by atoms with Crippen molar-refractivity contribution in [2.24, 2.45) is 0 Å². The molecular weight excluding hydrogens is 418 g/mol. The second-order valence-corrected chi connectivity index (χ2v) is 8.42. The molecule has 1 aliphatic heterocycles. The SMILES string of the molecule is CCN(CC)CCCNC(=O)c1ccc2c(c1)NC(=O)/C(=C\c1ccccc1Cl)S2. The second-order valence-electron chi connectivity index (χ2n) is 6.93. The molecule has 0 fully saturated rings. The molecule has 0 aromatic heterocycles. The van der Waals surface area contributed by atoms with E-state index in [1.807, 2.05) is 24.3 Å². The van der Waals surface area contributed by atoms with Crippen LogP contribution in [0.4, 0.5) is 5.69 Å². The third-order valence-corrected chi connectivity index (χ3v) is 6.40. The van der Waals surface area contributed by atoms with Gasteiger partial charge in [0.25, 0.3) is 11.8 Å². The summed E-state index contributed by atoms with van der Waals surface area (Å²) in [6.45, 7) is 7.88. The zero-order chi connectivity index (χ0) is 21.5. The van der Waals surface area contributed by atoms with Crippen molar-refractivity contribution < 1.29 is 9.59 Å². The average molecular weight is 444 g/mol. The van der Waals surface area contributed by atoms with E-state index in [1.54, 1.807) is 24.3 Å². The lowest BCUT2D eigenvalue weighted by Crippen LogP contribution is -2.30. The van der Waals surface area contributed by atoms with Gasteiger partial charge in [-0.15, -0.1) is 0 Å². The Kier molecular flexibility index (Phi) is 7.96. The van der Waals surface area contributed by atoms with Crippen LogP contribution < -0.4 is 10.6 Å². The number of carbonyl (C=O) groups excluding carboxylic acids is 2. The number of anilines is 1. The van der Waals surface area contributed by atoms with Gasteiger partial charge in [-0.05, 0) is 62.0 Å².